The van der Waals surface area contributed by atoms with E-state index < -0.39 is 17.8 Å². The Morgan fingerprint density at radius 1 is 1.41 bits per heavy atom. The number of nitrogens with zero attached hydrogens (tertiary/aromatic N) is 1. The maximum atomic E-state index is 13.3. The van der Waals surface area contributed by atoms with E-state index in [1.165, 1.54) is 35.0 Å². The number of hydrogen-bond donors (Lipinski definition) is 2. The van der Waals surface area contributed by atoms with Gasteiger partial charge in [0.2, 0.25) is 0 Å². The second kappa shape index (κ2) is 6.72. The maximum absolute atomic E-state index is 13.3. The van der Waals surface area contributed by atoms with Gasteiger partial charge in [-0.2, -0.15) is 0 Å². The van der Waals surface area contributed by atoms with E-state index in [0.29, 0.717) is 5.56 Å². The Balaban J connectivity index is 2.02. The molecule has 7 heteroatoms. The fourth-order valence-corrected chi connectivity index (χ4v) is 1.94. The van der Waals surface area contributed by atoms with Gasteiger partial charge < -0.3 is 15.0 Å². The summed E-state index contributed by atoms with van der Waals surface area (Å²) in [6, 6.07) is 6.60. The number of aromatic nitrogens is 1. The predicted molar refractivity (Wildman–Crippen MR) is 80.4 cm³/mol. The molecular formula is C15H14ClFN2O3. The molecule has 1 amide bonds. The van der Waals surface area contributed by atoms with E-state index in [4.69, 9.17) is 11.6 Å². The molecule has 5 nitrogen and oxygen atoms in total. The van der Waals surface area contributed by atoms with E-state index in [2.05, 4.69) is 5.32 Å². The van der Waals surface area contributed by atoms with E-state index >= 15 is 0 Å². The van der Waals surface area contributed by atoms with Crippen LogP contribution in [0, 0.1) is 5.82 Å². The first kappa shape index (κ1) is 16.2. The molecule has 2 N–H and O–H groups in total. The first-order chi connectivity index (χ1) is 10.4. The number of carbonyl (C=O) groups is 1. The Hall–Kier alpha value is -2.18. The molecule has 1 unspecified atom stereocenters. The monoisotopic (exact) mass is 324 g/mol. The molecule has 1 aromatic heterocycles. The van der Waals surface area contributed by atoms with Crippen LogP contribution in [0.2, 0.25) is 5.02 Å². The normalized spacial score (nSPS) is 12.0. The molecular weight excluding hydrogens is 311 g/mol. The maximum Gasteiger partial charge on any atom is 0.251 e. The summed E-state index contributed by atoms with van der Waals surface area (Å²) in [5.41, 5.74) is 0.178. The van der Waals surface area contributed by atoms with Crippen molar-refractivity contribution >= 4 is 17.5 Å². The number of aryl methyl sites for hydroxylation is 1. The predicted octanol–water partition coefficient (Wildman–Crippen LogP) is 1.64. The zero-order valence-corrected chi connectivity index (χ0v) is 12.5. The molecule has 2 rings (SSSR count). The summed E-state index contributed by atoms with van der Waals surface area (Å²) in [6.45, 7) is -0.116. The molecule has 0 aliphatic rings. The Morgan fingerprint density at radius 2 is 2.14 bits per heavy atom. The number of rotatable bonds is 4. The minimum absolute atomic E-state index is 0.0416. The number of halogens is 2. The number of carbonyl (C=O) groups excluding carboxylic acids is 1. The van der Waals surface area contributed by atoms with Crippen molar-refractivity contribution in [1.82, 2.24) is 9.88 Å². The zero-order valence-electron chi connectivity index (χ0n) is 11.7. The molecule has 0 aliphatic carbocycles. The van der Waals surface area contributed by atoms with E-state index in [0.717, 1.165) is 6.07 Å². The van der Waals surface area contributed by atoms with E-state index in [-0.39, 0.29) is 22.7 Å². The third-order valence-corrected chi connectivity index (χ3v) is 3.46. The van der Waals surface area contributed by atoms with Gasteiger partial charge in [0, 0.05) is 31.4 Å². The number of aliphatic hydroxyl groups excluding tert-OH is 1. The smallest absolute Gasteiger partial charge is 0.251 e. The molecule has 0 bridgehead atoms. The van der Waals surface area contributed by atoms with Crippen LogP contribution in [0.15, 0.2) is 41.3 Å². The lowest BCUT2D eigenvalue weighted by Gasteiger charge is -2.13. The third kappa shape index (κ3) is 3.72. The molecule has 1 atom stereocenters. The van der Waals surface area contributed by atoms with Crippen LogP contribution in [-0.4, -0.2) is 22.1 Å². The van der Waals surface area contributed by atoms with Crippen molar-refractivity contribution < 1.29 is 14.3 Å². The molecule has 0 radical (unpaired) electrons. The molecule has 1 heterocycles. The van der Waals surface area contributed by atoms with E-state index in [1.54, 1.807) is 7.05 Å². The van der Waals surface area contributed by atoms with Gasteiger partial charge >= 0.3 is 0 Å². The summed E-state index contributed by atoms with van der Waals surface area (Å²) < 4.78 is 14.7. The number of hydrogen-bond acceptors (Lipinski definition) is 3. The fraction of sp³-hybridized carbons (Fsp3) is 0.200. The van der Waals surface area contributed by atoms with E-state index in [1.807, 2.05) is 0 Å². The molecule has 0 saturated carbocycles. The van der Waals surface area contributed by atoms with Crippen LogP contribution in [0.3, 0.4) is 0 Å². The quantitative estimate of drug-likeness (QED) is 0.898. The summed E-state index contributed by atoms with van der Waals surface area (Å²) in [4.78, 5) is 23.4. The molecule has 116 valence electrons. The zero-order chi connectivity index (χ0) is 16.3. The first-order valence-electron chi connectivity index (χ1n) is 6.46. The van der Waals surface area contributed by atoms with Crippen LogP contribution in [0.4, 0.5) is 4.39 Å². The Labute approximate surface area is 131 Å². The van der Waals surface area contributed by atoms with Crippen LogP contribution in [0.1, 0.15) is 22.0 Å². The second-order valence-electron chi connectivity index (χ2n) is 4.76. The van der Waals surface area contributed by atoms with Gasteiger partial charge in [0.05, 0.1) is 11.1 Å². The van der Waals surface area contributed by atoms with Gasteiger partial charge in [0.15, 0.2) is 0 Å². The van der Waals surface area contributed by atoms with Gasteiger partial charge in [-0.25, -0.2) is 4.39 Å². The van der Waals surface area contributed by atoms with Crippen LogP contribution < -0.4 is 10.9 Å². The summed E-state index contributed by atoms with van der Waals surface area (Å²) >= 11 is 5.56. The van der Waals surface area contributed by atoms with Gasteiger partial charge in [-0.15, -0.1) is 0 Å². The molecule has 0 fully saturated rings. The van der Waals surface area contributed by atoms with Gasteiger partial charge in [0.25, 0.3) is 11.5 Å². The van der Waals surface area contributed by atoms with Gasteiger partial charge in [-0.1, -0.05) is 17.7 Å². The average molecular weight is 325 g/mol. The van der Waals surface area contributed by atoms with Gasteiger partial charge in [0.1, 0.15) is 5.82 Å². The number of pyridine rings is 1. The lowest BCUT2D eigenvalue weighted by Crippen LogP contribution is -2.29. The van der Waals surface area contributed by atoms with Crippen molar-refractivity contribution in [3.05, 3.63) is 68.8 Å². The van der Waals surface area contributed by atoms with Crippen LogP contribution in [0.25, 0.3) is 0 Å². The number of benzene rings is 1. The molecule has 0 aliphatic heterocycles. The minimum atomic E-state index is -1.08. The van der Waals surface area contributed by atoms with Gasteiger partial charge in [-0.3, -0.25) is 9.59 Å². The Bertz CT molecular complexity index is 761. The molecule has 1 aromatic carbocycles. The summed E-state index contributed by atoms with van der Waals surface area (Å²) in [5.74, 6) is -1.14. The summed E-state index contributed by atoms with van der Waals surface area (Å²) in [5, 5.41) is 12.4. The number of amides is 1. The molecule has 22 heavy (non-hydrogen) atoms. The highest BCUT2D eigenvalue weighted by atomic mass is 35.5. The highest BCUT2D eigenvalue weighted by molar-refractivity contribution is 6.30. The third-order valence-electron chi connectivity index (χ3n) is 3.15. The molecule has 2 aromatic rings. The number of nitrogens with one attached hydrogen (secondary N) is 1. The highest BCUT2D eigenvalue weighted by Crippen LogP contribution is 2.19. The Morgan fingerprint density at radius 3 is 2.77 bits per heavy atom. The average Bonchev–Trinajstić information content (AvgIpc) is 2.50. The second-order valence-corrected chi connectivity index (χ2v) is 5.17. The van der Waals surface area contributed by atoms with Crippen molar-refractivity contribution in [2.24, 2.45) is 7.05 Å². The largest absolute Gasteiger partial charge is 0.387 e. The summed E-state index contributed by atoms with van der Waals surface area (Å²) in [7, 11) is 1.57. The van der Waals surface area contributed by atoms with E-state index in [9.17, 15) is 19.1 Å². The van der Waals surface area contributed by atoms with Crippen molar-refractivity contribution in [2.45, 2.75) is 6.10 Å². The molecule has 0 saturated heterocycles. The SMILES string of the molecule is Cn1ccc(C(=O)NCC(O)c2ccc(Cl)c(F)c2)cc1=O. The van der Waals surface area contributed by atoms with Crippen molar-refractivity contribution in [2.75, 3.05) is 6.54 Å². The highest BCUT2D eigenvalue weighted by Gasteiger charge is 2.13. The standard InChI is InChI=1S/C15H14ClFN2O3/c1-19-5-4-10(7-14(19)21)15(22)18-8-13(20)9-2-3-11(16)12(17)6-9/h2-7,13,20H,8H2,1H3,(H,18,22). The van der Waals surface area contributed by atoms with Crippen LogP contribution in [-0.2, 0) is 7.05 Å². The number of aliphatic hydroxyl groups is 1. The topological polar surface area (TPSA) is 71.3 Å². The molecule has 0 spiro atoms. The lowest BCUT2D eigenvalue weighted by atomic mass is 10.1. The van der Waals surface area contributed by atoms with Crippen LogP contribution in [0.5, 0.6) is 0 Å². The lowest BCUT2D eigenvalue weighted by molar-refractivity contribution is 0.0916. The Kier molecular flexibility index (Phi) is 4.95. The summed E-state index contributed by atoms with van der Waals surface area (Å²) in [6.07, 6.45) is 0.393. The van der Waals surface area contributed by atoms with Crippen molar-refractivity contribution in [1.29, 1.82) is 0 Å². The first-order valence-corrected chi connectivity index (χ1v) is 6.84. The minimum Gasteiger partial charge on any atom is -0.387 e. The van der Waals surface area contributed by atoms with Crippen molar-refractivity contribution in [3.8, 4) is 0 Å². The fourth-order valence-electron chi connectivity index (χ4n) is 1.82. The van der Waals surface area contributed by atoms with Gasteiger partial charge in [-0.05, 0) is 23.8 Å². The van der Waals surface area contributed by atoms with Crippen LogP contribution >= 0.6 is 11.6 Å². The van der Waals surface area contributed by atoms with Crippen molar-refractivity contribution in [3.63, 3.8) is 0 Å².